The van der Waals surface area contributed by atoms with E-state index in [1.807, 2.05) is 48.5 Å². The Labute approximate surface area is 306 Å². The van der Waals surface area contributed by atoms with Crippen LogP contribution in [-0.4, -0.2) is 11.7 Å². The number of amidine groups is 2. The first-order valence-electron chi connectivity index (χ1n) is 17.9. The van der Waals surface area contributed by atoms with Gasteiger partial charge in [0.25, 0.3) is 0 Å². The van der Waals surface area contributed by atoms with Crippen LogP contribution < -0.4 is 5.73 Å². The number of benzene rings is 9. The van der Waals surface area contributed by atoms with E-state index in [0.29, 0.717) is 18.2 Å². The van der Waals surface area contributed by atoms with Crippen molar-refractivity contribution >= 4 is 76.7 Å². The van der Waals surface area contributed by atoms with E-state index in [1.165, 1.54) is 32.3 Å². The SMILES string of the molecule is NC(=NC(=NCc1ccccc1)c1ccc2ccccc2c1)c1cccc2oc3cccc(-c4ccc5c6ccccc6c6ccccc6c5c4)c3c12. The Hall–Kier alpha value is -7.04. The van der Waals surface area contributed by atoms with E-state index in [-0.39, 0.29) is 0 Å². The van der Waals surface area contributed by atoms with E-state index in [1.54, 1.807) is 0 Å². The first kappa shape index (κ1) is 30.8. The van der Waals surface area contributed by atoms with Crippen molar-refractivity contribution in [2.75, 3.05) is 0 Å². The van der Waals surface area contributed by atoms with Gasteiger partial charge in [-0.1, -0.05) is 152 Å². The molecule has 0 atom stereocenters. The van der Waals surface area contributed by atoms with Crippen LogP contribution in [0.5, 0.6) is 0 Å². The third kappa shape index (κ3) is 5.31. The van der Waals surface area contributed by atoms with Crippen LogP contribution in [0, 0.1) is 0 Å². The van der Waals surface area contributed by atoms with Crippen LogP contribution in [0.2, 0.25) is 0 Å². The predicted molar refractivity (Wildman–Crippen MR) is 223 cm³/mol. The molecule has 0 fully saturated rings. The predicted octanol–water partition coefficient (Wildman–Crippen LogP) is 12.2. The molecule has 9 aromatic carbocycles. The summed E-state index contributed by atoms with van der Waals surface area (Å²) in [5, 5.41) is 11.7. The molecule has 0 aliphatic heterocycles. The molecule has 4 nitrogen and oxygen atoms in total. The minimum atomic E-state index is 0.379. The molecule has 250 valence electrons. The summed E-state index contributed by atoms with van der Waals surface area (Å²) >= 11 is 0. The van der Waals surface area contributed by atoms with Gasteiger partial charge in [-0.3, -0.25) is 4.99 Å². The van der Waals surface area contributed by atoms with Crippen molar-refractivity contribution in [3.8, 4) is 11.1 Å². The molecule has 0 radical (unpaired) electrons. The summed E-state index contributed by atoms with van der Waals surface area (Å²) < 4.78 is 6.52. The van der Waals surface area contributed by atoms with E-state index in [0.717, 1.165) is 60.5 Å². The summed E-state index contributed by atoms with van der Waals surface area (Å²) in [6.45, 7) is 0.481. The molecular weight excluding hydrogens is 647 g/mol. The molecule has 53 heavy (non-hydrogen) atoms. The highest BCUT2D eigenvalue weighted by atomic mass is 16.3. The van der Waals surface area contributed by atoms with Gasteiger partial charge in [0.05, 0.1) is 6.54 Å². The Morgan fingerprint density at radius 3 is 1.87 bits per heavy atom. The van der Waals surface area contributed by atoms with Gasteiger partial charge in [-0.05, 0) is 84.0 Å². The number of fused-ring (bicyclic) bond motifs is 10. The maximum atomic E-state index is 7.04. The highest BCUT2D eigenvalue weighted by Crippen LogP contribution is 2.41. The van der Waals surface area contributed by atoms with Crippen molar-refractivity contribution < 1.29 is 4.42 Å². The molecular formula is C49H33N3O. The van der Waals surface area contributed by atoms with Crippen LogP contribution in [0.4, 0.5) is 0 Å². The largest absolute Gasteiger partial charge is 0.456 e. The quantitative estimate of drug-likeness (QED) is 0.112. The smallest absolute Gasteiger partial charge is 0.157 e. The Morgan fingerprint density at radius 1 is 0.491 bits per heavy atom. The van der Waals surface area contributed by atoms with Gasteiger partial charge in [-0.2, -0.15) is 0 Å². The van der Waals surface area contributed by atoms with Crippen molar-refractivity contribution in [2.45, 2.75) is 6.54 Å². The standard InChI is InChI=1S/C49H33N3O/c50-48(52-49(51-30-31-12-2-1-3-13-31)35-25-24-32-14-4-5-15-33(32)28-35)42-21-11-23-45-47(42)46-36(20-10-22-44(46)53-45)34-26-27-41-39-18-7-6-16-37(39)38-17-8-9-19-40(38)43(41)29-34/h1-29H,30H2,(H2,50,51,52). The number of hydrogen-bond acceptors (Lipinski definition) is 2. The molecule has 1 heterocycles. The number of furan rings is 1. The highest BCUT2D eigenvalue weighted by Gasteiger charge is 2.19. The van der Waals surface area contributed by atoms with E-state index >= 15 is 0 Å². The van der Waals surface area contributed by atoms with Crippen LogP contribution in [-0.2, 0) is 6.54 Å². The molecule has 0 saturated carbocycles. The number of aliphatic imine (C=N–C) groups is 2. The number of hydrogen-bond donors (Lipinski definition) is 1. The number of nitrogens with zero attached hydrogens (tertiary/aromatic N) is 2. The molecule has 0 amide bonds. The van der Waals surface area contributed by atoms with Gasteiger partial charge < -0.3 is 10.2 Å². The second kappa shape index (κ2) is 12.6. The third-order valence-corrected chi connectivity index (χ3v) is 10.3. The Kier molecular flexibility index (Phi) is 7.33. The maximum absolute atomic E-state index is 7.04. The average Bonchev–Trinajstić information content (AvgIpc) is 3.62. The molecule has 10 aromatic rings. The molecule has 0 bridgehead atoms. The second-order valence-corrected chi connectivity index (χ2v) is 13.5. The summed E-state index contributed by atoms with van der Waals surface area (Å²) in [5.41, 5.74) is 13.6. The first-order valence-corrected chi connectivity index (χ1v) is 17.9. The molecule has 0 saturated heterocycles. The molecule has 10 rings (SSSR count). The fourth-order valence-electron chi connectivity index (χ4n) is 7.84. The highest BCUT2D eigenvalue weighted by molar-refractivity contribution is 6.27. The zero-order chi connectivity index (χ0) is 35.3. The van der Waals surface area contributed by atoms with Gasteiger partial charge in [-0.15, -0.1) is 0 Å². The average molecular weight is 680 g/mol. The zero-order valence-corrected chi connectivity index (χ0v) is 28.8. The summed E-state index contributed by atoms with van der Waals surface area (Å²) in [5.74, 6) is 0.958. The summed E-state index contributed by atoms with van der Waals surface area (Å²) in [6, 6.07) is 61.3. The van der Waals surface area contributed by atoms with Crippen LogP contribution in [0.1, 0.15) is 16.7 Å². The van der Waals surface area contributed by atoms with Gasteiger partial charge in [0.15, 0.2) is 5.84 Å². The van der Waals surface area contributed by atoms with E-state index in [4.69, 9.17) is 20.1 Å². The Bertz CT molecular complexity index is 3060. The third-order valence-electron chi connectivity index (χ3n) is 10.3. The fraction of sp³-hybridized carbons (Fsp3) is 0.0204. The molecule has 0 aliphatic rings. The van der Waals surface area contributed by atoms with Crippen molar-refractivity contribution in [2.24, 2.45) is 15.7 Å². The molecule has 2 N–H and O–H groups in total. The van der Waals surface area contributed by atoms with Crippen molar-refractivity contribution in [1.82, 2.24) is 0 Å². The minimum absolute atomic E-state index is 0.379. The normalized spacial score (nSPS) is 12.5. The number of nitrogens with two attached hydrogens (primary N) is 1. The van der Waals surface area contributed by atoms with Crippen LogP contribution in [0.3, 0.4) is 0 Å². The van der Waals surface area contributed by atoms with Gasteiger partial charge >= 0.3 is 0 Å². The molecule has 1 aromatic heterocycles. The summed E-state index contributed by atoms with van der Waals surface area (Å²) in [4.78, 5) is 10.1. The van der Waals surface area contributed by atoms with Gasteiger partial charge in [-0.25, -0.2) is 4.99 Å². The summed E-state index contributed by atoms with van der Waals surface area (Å²) in [6.07, 6.45) is 0. The van der Waals surface area contributed by atoms with Crippen LogP contribution in [0.25, 0.3) is 76.2 Å². The lowest BCUT2D eigenvalue weighted by Crippen LogP contribution is -2.17. The fourth-order valence-corrected chi connectivity index (χ4v) is 7.84. The van der Waals surface area contributed by atoms with E-state index in [2.05, 4.69) is 127 Å². The first-order chi connectivity index (χ1) is 26.2. The molecule has 4 heteroatoms. The Morgan fingerprint density at radius 2 is 1.11 bits per heavy atom. The van der Waals surface area contributed by atoms with Crippen molar-refractivity contribution in [3.63, 3.8) is 0 Å². The van der Waals surface area contributed by atoms with Gasteiger partial charge in [0.1, 0.15) is 17.0 Å². The van der Waals surface area contributed by atoms with Crippen molar-refractivity contribution in [1.29, 1.82) is 0 Å². The summed E-state index contributed by atoms with van der Waals surface area (Å²) in [7, 11) is 0. The lowest BCUT2D eigenvalue weighted by atomic mass is 9.91. The zero-order valence-electron chi connectivity index (χ0n) is 28.8. The molecule has 0 aliphatic carbocycles. The second-order valence-electron chi connectivity index (χ2n) is 13.5. The number of rotatable bonds is 5. The molecule has 0 spiro atoms. The van der Waals surface area contributed by atoms with E-state index in [9.17, 15) is 0 Å². The van der Waals surface area contributed by atoms with Crippen molar-refractivity contribution in [3.05, 3.63) is 193 Å². The lowest BCUT2D eigenvalue weighted by Gasteiger charge is -2.13. The minimum Gasteiger partial charge on any atom is -0.456 e. The maximum Gasteiger partial charge on any atom is 0.157 e. The van der Waals surface area contributed by atoms with Crippen LogP contribution >= 0.6 is 0 Å². The van der Waals surface area contributed by atoms with Gasteiger partial charge in [0.2, 0.25) is 0 Å². The van der Waals surface area contributed by atoms with Gasteiger partial charge in [0, 0.05) is 21.9 Å². The lowest BCUT2D eigenvalue weighted by molar-refractivity contribution is 0.669. The molecule has 0 unspecified atom stereocenters. The Balaban J connectivity index is 1.16. The van der Waals surface area contributed by atoms with Crippen LogP contribution in [0.15, 0.2) is 190 Å². The topological polar surface area (TPSA) is 63.9 Å². The monoisotopic (exact) mass is 679 g/mol. The van der Waals surface area contributed by atoms with E-state index < -0.39 is 0 Å².